The van der Waals surface area contributed by atoms with Gasteiger partial charge in [0, 0.05) is 19.4 Å². The van der Waals surface area contributed by atoms with Gasteiger partial charge in [-0.2, -0.15) is 0 Å². The SMILES string of the molecule is CC/C=C\C/C=C\C/C=C\CCCCCCCCCC(=O)OC(COC(=O)CCCCCCCCC/C=C\CCCCCCCCC)COP(=O)(O)OCCN. The number of phosphoric ester groups is 1. The first-order valence-electron chi connectivity index (χ1n) is 22.6. The minimum absolute atomic E-state index is 0.0497. The van der Waals surface area contributed by atoms with Crippen LogP contribution in [-0.4, -0.2) is 49.3 Å². The van der Waals surface area contributed by atoms with Crippen molar-refractivity contribution in [2.24, 2.45) is 5.73 Å². The second-order valence-corrected chi connectivity index (χ2v) is 16.3. The number of hydrogen-bond acceptors (Lipinski definition) is 8. The van der Waals surface area contributed by atoms with E-state index in [0.29, 0.717) is 6.42 Å². The quantitative estimate of drug-likeness (QED) is 0.0267. The third-order valence-corrected chi connectivity index (χ3v) is 10.4. The monoisotopic (exact) mass is 810 g/mol. The number of nitrogens with two attached hydrogens (primary N) is 1. The first kappa shape index (κ1) is 54.0. The average molecular weight is 810 g/mol. The van der Waals surface area contributed by atoms with E-state index in [-0.39, 0.29) is 38.6 Å². The molecule has 0 aliphatic rings. The van der Waals surface area contributed by atoms with Crippen molar-refractivity contribution in [3.63, 3.8) is 0 Å². The number of phosphoric acid groups is 1. The molecule has 0 spiro atoms. The van der Waals surface area contributed by atoms with Gasteiger partial charge in [0.2, 0.25) is 0 Å². The van der Waals surface area contributed by atoms with Crippen molar-refractivity contribution >= 4 is 19.8 Å². The molecule has 0 fully saturated rings. The normalized spacial score (nSPS) is 13.7. The van der Waals surface area contributed by atoms with E-state index in [0.717, 1.165) is 77.0 Å². The lowest BCUT2D eigenvalue weighted by atomic mass is 10.1. The number of allylic oxidation sites excluding steroid dienone is 8. The summed E-state index contributed by atoms with van der Waals surface area (Å²) in [5.74, 6) is -0.844. The van der Waals surface area contributed by atoms with E-state index in [1.54, 1.807) is 0 Å². The molecular weight excluding hydrogens is 725 g/mol. The van der Waals surface area contributed by atoms with Gasteiger partial charge in [0.25, 0.3) is 0 Å². The van der Waals surface area contributed by atoms with E-state index in [1.807, 2.05) is 0 Å². The predicted octanol–water partition coefficient (Wildman–Crippen LogP) is 13.1. The first-order chi connectivity index (χ1) is 27.3. The maximum atomic E-state index is 12.6. The summed E-state index contributed by atoms with van der Waals surface area (Å²) in [4.78, 5) is 34.9. The molecule has 0 aromatic rings. The van der Waals surface area contributed by atoms with Crippen LogP contribution in [0.3, 0.4) is 0 Å². The molecule has 0 saturated heterocycles. The lowest BCUT2D eigenvalue weighted by Gasteiger charge is -2.19. The van der Waals surface area contributed by atoms with Crippen LogP contribution < -0.4 is 5.73 Å². The molecule has 0 aromatic heterocycles. The Hall–Kier alpha value is -2.03. The summed E-state index contributed by atoms with van der Waals surface area (Å²) in [6, 6.07) is 0. The first-order valence-corrected chi connectivity index (χ1v) is 24.1. The highest BCUT2D eigenvalue weighted by Gasteiger charge is 2.26. The topological polar surface area (TPSA) is 134 Å². The molecule has 0 rings (SSSR count). The van der Waals surface area contributed by atoms with Gasteiger partial charge in [-0.3, -0.25) is 18.6 Å². The van der Waals surface area contributed by atoms with E-state index < -0.39 is 26.5 Å². The van der Waals surface area contributed by atoms with Crippen molar-refractivity contribution in [3.05, 3.63) is 48.6 Å². The van der Waals surface area contributed by atoms with Crippen molar-refractivity contribution in [1.29, 1.82) is 0 Å². The number of esters is 2. The van der Waals surface area contributed by atoms with E-state index >= 15 is 0 Å². The second kappa shape index (κ2) is 42.6. The maximum absolute atomic E-state index is 12.6. The Morgan fingerprint density at radius 1 is 0.554 bits per heavy atom. The lowest BCUT2D eigenvalue weighted by Crippen LogP contribution is -2.29. The van der Waals surface area contributed by atoms with Gasteiger partial charge >= 0.3 is 19.8 Å². The van der Waals surface area contributed by atoms with E-state index in [1.165, 1.54) is 89.9 Å². The molecule has 0 amide bonds. The Bertz CT molecular complexity index is 1060. The molecule has 56 heavy (non-hydrogen) atoms. The summed E-state index contributed by atoms with van der Waals surface area (Å²) in [7, 11) is -4.38. The van der Waals surface area contributed by atoms with Crippen LogP contribution in [0.1, 0.15) is 200 Å². The smallest absolute Gasteiger partial charge is 0.462 e. The van der Waals surface area contributed by atoms with E-state index in [9.17, 15) is 19.0 Å². The van der Waals surface area contributed by atoms with Crippen LogP contribution in [0.5, 0.6) is 0 Å². The molecule has 0 radical (unpaired) electrons. The molecule has 0 saturated carbocycles. The zero-order valence-corrected chi connectivity index (χ0v) is 36.8. The minimum atomic E-state index is -4.38. The third kappa shape index (κ3) is 41.6. The molecule has 0 aliphatic heterocycles. The third-order valence-electron chi connectivity index (χ3n) is 9.45. The summed E-state index contributed by atoms with van der Waals surface area (Å²) in [5, 5.41) is 0. The van der Waals surface area contributed by atoms with Gasteiger partial charge in [-0.1, -0.05) is 165 Å². The van der Waals surface area contributed by atoms with Crippen molar-refractivity contribution in [2.75, 3.05) is 26.4 Å². The zero-order chi connectivity index (χ0) is 41.1. The molecule has 326 valence electrons. The highest BCUT2D eigenvalue weighted by atomic mass is 31.2. The Morgan fingerprint density at radius 2 is 0.982 bits per heavy atom. The standard InChI is InChI=1S/C46H84NO8P/c1-3-5-7-9-11-13-15-17-19-21-23-24-26-28-30-32-34-36-38-45(48)52-42-44(43-54-56(50,51)53-41-40-47)55-46(49)39-37-35-33-31-29-27-25-22-20-18-16-14-12-10-8-6-4-2/h6,8,12,14,18-21,44H,3-5,7,9-11,13,15-17,22-43,47H2,1-2H3,(H,50,51)/b8-6-,14-12-,20-18-,21-19-. The molecule has 2 atom stereocenters. The van der Waals surface area contributed by atoms with Crippen LogP contribution in [0.15, 0.2) is 48.6 Å². The molecule has 0 aromatic carbocycles. The summed E-state index contributed by atoms with van der Waals surface area (Å²) in [5.41, 5.74) is 5.35. The fraction of sp³-hybridized carbons (Fsp3) is 0.783. The molecule has 0 bridgehead atoms. The number of rotatable bonds is 42. The Kier molecular flexibility index (Phi) is 41.0. The number of ether oxygens (including phenoxy) is 2. The molecule has 10 heteroatoms. The minimum Gasteiger partial charge on any atom is -0.462 e. The molecule has 9 nitrogen and oxygen atoms in total. The molecule has 0 heterocycles. The van der Waals surface area contributed by atoms with Crippen molar-refractivity contribution in [3.8, 4) is 0 Å². The molecule has 3 N–H and O–H groups in total. The highest BCUT2D eigenvalue weighted by Crippen LogP contribution is 2.43. The molecule has 2 unspecified atom stereocenters. The average Bonchev–Trinajstić information content (AvgIpc) is 3.18. The summed E-state index contributed by atoms with van der Waals surface area (Å²) < 4.78 is 32.8. The number of hydrogen-bond donors (Lipinski definition) is 2. The van der Waals surface area contributed by atoms with Gasteiger partial charge in [0.1, 0.15) is 6.61 Å². The fourth-order valence-electron chi connectivity index (χ4n) is 6.11. The molecular formula is C46H84NO8P. The summed E-state index contributed by atoms with van der Waals surface area (Å²) in [6.07, 6.45) is 48.5. The van der Waals surface area contributed by atoms with Gasteiger partial charge in [-0.25, -0.2) is 4.57 Å². The van der Waals surface area contributed by atoms with Gasteiger partial charge in [0.15, 0.2) is 6.10 Å². The number of carbonyl (C=O) groups excluding carboxylic acids is 2. The van der Waals surface area contributed by atoms with Gasteiger partial charge in [0.05, 0.1) is 13.2 Å². The number of unbranched alkanes of at least 4 members (excludes halogenated alkanes) is 21. The summed E-state index contributed by atoms with van der Waals surface area (Å²) in [6.45, 7) is 3.61. The van der Waals surface area contributed by atoms with Crippen molar-refractivity contribution < 1.29 is 37.6 Å². The number of carbonyl (C=O) groups is 2. The van der Waals surface area contributed by atoms with Crippen LogP contribution in [0.4, 0.5) is 0 Å². The zero-order valence-electron chi connectivity index (χ0n) is 35.9. The summed E-state index contributed by atoms with van der Waals surface area (Å²) >= 11 is 0. The highest BCUT2D eigenvalue weighted by molar-refractivity contribution is 7.47. The van der Waals surface area contributed by atoms with Crippen LogP contribution in [-0.2, 0) is 32.7 Å². The Morgan fingerprint density at radius 3 is 1.48 bits per heavy atom. The Labute approximate surface area is 343 Å². The maximum Gasteiger partial charge on any atom is 0.472 e. The van der Waals surface area contributed by atoms with Gasteiger partial charge in [-0.15, -0.1) is 0 Å². The largest absolute Gasteiger partial charge is 0.472 e. The van der Waals surface area contributed by atoms with Crippen LogP contribution >= 0.6 is 7.82 Å². The molecule has 0 aliphatic carbocycles. The van der Waals surface area contributed by atoms with Gasteiger partial charge in [-0.05, 0) is 70.6 Å². The van der Waals surface area contributed by atoms with Gasteiger partial charge < -0.3 is 20.1 Å². The van der Waals surface area contributed by atoms with Crippen LogP contribution in [0, 0.1) is 0 Å². The Balaban J connectivity index is 4.14. The van der Waals surface area contributed by atoms with E-state index in [2.05, 4.69) is 62.5 Å². The predicted molar refractivity (Wildman–Crippen MR) is 233 cm³/mol. The second-order valence-electron chi connectivity index (χ2n) is 14.9. The fourth-order valence-corrected chi connectivity index (χ4v) is 6.88. The van der Waals surface area contributed by atoms with Crippen LogP contribution in [0.25, 0.3) is 0 Å². The van der Waals surface area contributed by atoms with Crippen LogP contribution in [0.2, 0.25) is 0 Å². The lowest BCUT2D eigenvalue weighted by molar-refractivity contribution is -0.161. The van der Waals surface area contributed by atoms with Crippen molar-refractivity contribution in [1.82, 2.24) is 0 Å². The van der Waals surface area contributed by atoms with E-state index in [4.69, 9.17) is 24.3 Å². The van der Waals surface area contributed by atoms with Crippen molar-refractivity contribution in [2.45, 2.75) is 206 Å².